The van der Waals surface area contributed by atoms with E-state index >= 15 is 0 Å². The van der Waals surface area contributed by atoms with E-state index in [9.17, 15) is 4.79 Å². The second-order valence-electron chi connectivity index (χ2n) is 8.42. The molecule has 0 bridgehead atoms. The third kappa shape index (κ3) is 5.64. The van der Waals surface area contributed by atoms with Crippen LogP contribution in [-0.2, 0) is 9.53 Å². The molecule has 22 heavy (non-hydrogen) atoms. The van der Waals surface area contributed by atoms with E-state index in [0.717, 1.165) is 38.8 Å². The first-order chi connectivity index (χ1) is 10.2. The Morgan fingerprint density at radius 2 is 1.77 bits per heavy atom. The van der Waals surface area contributed by atoms with Crippen LogP contribution in [0, 0.1) is 5.92 Å². The summed E-state index contributed by atoms with van der Waals surface area (Å²) in [5.74, 6) is 0.505. The molecule has 1 aliphatic heterocycles. The van der Waals surface area contributed by atoms with Gasteiger partial charge in [0.15, 0.2) is 0 Å². The predicted octanol–water partition coefficient (Wildman–Crippen LogP) is 2.61. The maximum absolute atomic E-state index is 11.8. The Bertz CT molecular complexity index is 362. The van der Waals surface area contributed by atoms with E-state index in [4.69, 9.17) is 4.74 Å². The van der Waals surface area contributed by atoms with Crippen molar-refractivity contribution in [1.29, 1.82) is 0 Å². The molecule has 0 unspecified atom stereocenters. The third-order valence-corrected chi connectivity index (χ3v) is 4.67. The second kappa shape index (κ2) is 7.41. The Kier molecular flexibility index (Phi) is 6.03. The number of piperidine rings is 1. The minimum Gasteiger partial charge on any atom is -0.375 e. The van der Waals surface area contributed by atoms with E-state index in [1.54, 1.807) is 0 Å². The molecule has 2 aliphatic rings. The fourth-order valence-electron chi connectivity index (χ4n) is 3.29. The summed E-state index contributed by atoms with van der Waals surface area (Å²) < 4.78 is 6.22. The number of nitrogens with one attached hydrogen (secondary N) is 1. The van der Waals surface area contributed by atoms with Crippen LogP contribution in [0.5, 0.6) is 0 Å². The van der Waals surface area contributed by atoms with E-state index in [-0.39, 0.29) is 11.5 Å². The van der Waals surface area contributed by atoms with Gasteiger partial charge in [0.1, 0.15) is 5.78 Å². The average Bonchev–Trinajstić information content (AvgIpc) is 2.36. The summed E-state index contributed by atoms with van der Waals surface area (Å²) in [7, 11) is 0. The predicted molar refractivity (Wildman–Crippen MR) is 90.1 cm³/mol. The number of carbonyl (C=O) groups is 1. The summed E-state index contributed by atoms with van der Waals surface area (Å²) >= 11 is 0. The van der Waals surface area contributed by atoms with Gasteiger partial charge in [-0.05, 0) is 46.5 Å². The molecule has 4 nitrogen and oxygen atoms in total. The van der Waals surface area contributed by atoms with Crippen LogP contribution in [0.2, 0.25) is 0 Å². The first kappa shape index (κ1) is 17.9. The highest BCUT2D eigenvalue weighted by Gasteiger charge is 2.34. The molecule has 0 atom stereocenters. The smallest absolute Gasteiger partial charge is 0.149 e. The molecule has 1 saturated carbocycles. The first-order valence-corrected chi connectivity index (χ1v) is 8.91. The van der Waals surface area contributed by atoms with Crippen LogP contribution in [0.25, 0.3) is 0 Å². The Morgan fingerprint density at radius 3 is 2.27 bits per heavy atom. The van der Waals surface area contributed by atoms with Crippen molar-refractivity contribution < 1.29 is 9.53 Å². The molecular formula is C18H34N2O2. The lowest BCUT2D eigenvalue weighted by Gasteiger charge is -2.42. The summed E-state index contributed by atoms with van der Waals surface area (Å²) in [6.45, 7) is 13.2. The summed E-state index contributed by atoms with van der Waals surface area (Å²) in [6, 6.07) is 0.619. The zero-order chi connectivity index (χ0) is 16.3. The van der Waals surface area contributed by atoms with E-state index in [0.29, 0.717) is 30.6 Å². The van der Waals surface area contributed by atoms with Crippen molar-refractivity contribution >= 4 is 5.78 Å². The number of carbonyl (C=O) groups excluding carboxylic acids is 1. The Morgan fingerprint density at radius 1 is 1.18 bits per heavy atom. The number of rotatable bonds is 6. The maximum Gasteiger partial charge on any atom is 0.149 e. The van der Waals surface area contributed by atoms with Gasteiger partial charge in [-0.25, -0.2) is 0 Å². The van der Waals surface area contributed by atoms with Crippen molar-refractivity contribution in [2.45, 2.75) is 84.1 Å². The Balaban J connectivity index is 1.60. The molecule has 0 aromatic heterocycles. The molecule has 0 aromatic carbocycles. The minimum atomic E-state index is 0.149. The largest absolute Gasteiger partial charge is 0.375 e. The molecule has 0 aromatic rings. The standard InChI is InChI=1S/C18H34N2O2/c1-13(2)17(21)12-20-8-6-15(7-9-20)22-16-10-14(11-16)19-18(3,4)5/h13-16,19H,6-12H2,1-5H3/t14-,16-. The van der Waals surface area contributed by atoms with Gasteiger partial charge in [0.25, 0.3) is 0 Å². The highest BCUT2D eigenvalue weighted by molar-refractivity contribution is 5.82. The Hall–Kier alpha value is -0.450. The number of nitrogens with zero attached hydrogens (tertiary/aromatic N) is 1. The van der Waals surface area contributed by atoms with Gasteiger partial charge in [-0.1, -0.05) is 13.8 Å². The summed E-state index contributed by atoms with van der Waals surface area (Å²) in [6.07, 6.45) is 5.25. The molecule has 0 radical (unpaired) electrons. The number of Topliss-reactive ketones (excluding diaryl/α,β-unsaturated/α-hetero) is 1. The van der Waals surface area contributed by atoms with Crippen molar-refractivity contribution in [2.75, 3.05) is 19.6 Å². The van der Waals surface area contributed by atoms with Crippen LogP contribution in [-0.4, -0.2) is 54.1 Å². The van der Waals surface area contributed by atoms with Crippen molar-refractivity contribution in [3.63, 3.8) is 0 Å². The van der Waals surface area contributed by atoms with Gasteiger partial charge in [0, 0.05) is 30.6 Å². The van der Waals surface area contributed by atoms with Crippen LogP contribution in [0.3, 0.4) is 0 Å². The molecule has 4 heteroatoms. The average molecular weight is 310 g/mol. The van der Waals surface area contributed by atoms with E-state index in [2.05, 4.69) is 31.0 Å². The van der Waals surface area contributed by atoms with Gasteiger partial charge >= 0.3 is 0 Å². The summed E-state index contributed by atoms with van der Waals surface area (Å²) in [5, 5.41) is 3.64. The van der Waals surface area contributed by atoms with Gasteiger partial charge in [-0.15, -0.1) is 0 Å². The van der Waals surface area contributed by atoms with Crippen molar-refractivity contribution in [3.8, 4) is 0 Å². The molecule has 1 saturated heterocycles. The lowest BCUT2D eigenvalue weighted by atomic mass is 9.87. The quantitative estimate of drug-likeness (QED) is 0.819. The molecule has 1 heterocycles. The van der Waals surface area contributed by atoms with E-state index in [1.807, 2.05) is 13.8 Å². The topological polar surface area (TPSA) is 41.6 Å². The summed E-state index contributed by atoms with van der Waals surface area (Å²) in [4.78, 5) is 14.1. The molecule has 2 rings (SSSR count). The van der Waals surface area contributed by atoms with Gasteiger partial charge in [-0.2, -0.15) is 0 Å². The highest BCUT2D eigenvalue weighted by Crippen LogP contribution is 2.28. The molecule has 2 fully saturated rings. The zero-order valence-electron chi connectivity index (χ0n) is 15.0. The van der Waals surface area contributed by atoms with Crippen LogP contribution < -0.4 is 5.32 Å². The maximum atomic E-state index is 11.8. The fraction of sp³-hybridized carbons (Fsp3) is 0.944. The first-order valence-electron chi connectivity index (χ1n) is 8.91. The number of hydrogen-bond acceptors (Lipinski definition) is 4. The molecule has 0 amide bonds. The fourth-order valence-corrected chi connectivity index (χ4v) is 3.29. The molecule has 1 aliphatic carbocycles. The SMILES string of the molecule is CC(C)C(=O)CN1CCC(O[C@H]2C[C@H](NC(C)(C)C)C2)CC1. The van der Waals surface area contributed by atoms with Crippen LogP contribution in [0.15, 0.2) is 0 Å². The number of ketones is 1. The lowest BCUT2D eigenvalue weighted by molar-refractivity contribution is -0.124. The lowest BCUT2D eigenvalue weighted by Crippen LogP contribution is -2.53. The zero-order valence-corrected chi connectivity index (χ0v) is 15.0. The number of likely N-dealkylation sites (tertiary alicyclic amines) is 1. The van der Waals surface area contributed by atoms with Crippen molar-refractivity contribution in [3.05, 3.63) is 0 Å². The molecule has 1 N–H and O–H groups in total. The van der Waals surface area contributed by atoms with Crippen LogP contribution in [0.4, 0.5) is 0 Å². The number of hydrogen-bond donors (Lipinski definition) is 1. The number of ether oxygens (including phenoxy) is 1. The van der Waals surface area contributed by atoms with Gasteiger partial charge in [0.2, 0.25) is 0 Å². The van der Waals surface area contributed by atoms with Crippen LogP contribution in [0.1, 0.15) is 60.3 Å². The van der Waals surface area contributed by atoms with Crippen LogP contribution >= 0.6 is 0 Å². The third-order valence-electron chi connectivity index (χ3n) is 4.67. The monoisotopic (exact) mass is 310 g/mol. The van der Waals surface area contributed by atoms with Gasteiger partial charge in [-0.3, -0.25) is 9.69 Å². The van der Waals surface area contributed by atoms with E-state index < -0.39 is 0 Å². The second-order valence-corrected chi connectivity index (χ2v) is 8.42. The molecule has 128 valence electrons. The molecule has 0 spiro atoms. The Labute approximate surface area is 136 Å². The normalized spacial score (nSPS) is 27.9. The van der Waals surface area contributed by atoms with E-state index in [1.165, 1.54) is 0 Å². The van der Waals surface area contributed by atoms with Gasteiger partial charge in [0.05, 0.1) is 18.8 Å². The summed E-state index contributed by atoms with van der Waals surface area (Å²) in [5.41, 5.74) is 0.198. The highest BCUT2D eigenvalue weighted by atomic mass is 16.5. The van der Waals surface area contributed by atoms with Gasteiger partial charge < -0.3 is 10.1 Å². The van der Waals surface area contributed by atoms with Crippen molar-refractivity contribution in [2.24, 2.45) is 5.92 Å². The molecular weight excluding hydrogens is 276 g/mol. The minimum absolute atomic E-state index is 0.149. The van der Waals surface area contributed by atoms with Crippen molar-refractivity contribution in [1.82, 2.24) is 10.2 Å².